The Hall–Kier alpha value is -6.46. The molecule has 71 heavy (non-hydrogen) atoms. The molecule has 5 aromatic rings. The van der Waals surface area contributed by atoms with E-state index in [9.17, 15) is 19.2 Å². The van der Waals surface area contributed by atoms with Crippen molar-refractivity contribution in [2.45, 2.75) is 148 Å². The van der Waals surface area contributed by atoms with E-state index in [-0.39, 0.29) is 65.6 Å². The molecule has 4 N–H and O–H groups in total. The average Bonchev–Trinajstić information content (AvgIpc) is 4.21. The van der Waals surface area contributed by atoms with Crippen LogP contribution >= 0.6 is 0 Å². The first-order chi connectivity index (χ1) is 34.1. The number of aromatic amines is 2. The standard InChI is InChI=1S/C53H68F2N10O6/c1-28(2)45(60-52(68)70-7)50(66)62-22-10-14-43(62)48-56-37-18-16-32(24-39(37)58-48)41-20-21-42(65(41)34-26-35(54)47(36(55)27-34)64-30(5)12-9-13-31(64)6)33-17-19-38-40(25-33)59-49(57-38)44-15-11-23-63(44)51(67)46(29(3)4)61-53(69)71-8/h16-19,24-31,41-46H,9-15,20-23H2,1-8H3,(H,56,58)(H,57,59)(H,60,68)(H,61,69)/t30-,31+,41-,42-,43+,44+,45+,46?/m1/s1. The summed E-state index contributed by atoms with van der Waals surface area (Å²) in [6.45, 7) is 12.6. The lowest BCUT2D eigenvalue weighted by Gasteiger charge is -2.41. The van der Waals surface area contributed by atoms with Gasteiger partial charge in [0.05, 0.1) is 60.5 Å². The topological polar surface area (TPSA) is 181 Å². The van der Waals surface area contributed by atoms with Crippen LogP contribution in [0.1, 0.15) is 146 Å². The van der Waals surface area contributed by atoms with E-state index >= 15 is 8.78 Å². The quantitative estimate of drug-likeness (QED) is 0.0940. The molecule has 16 nitrogen and oxygen atoms in total. The minimum absolute atomic E-state index is 0.0113. The van der Waals surface area contributed by atoms with Crippen LogP contribution in [0, 0.1) is 23.5 Å². The molecule has 9 rings (SSSR count). The summed E-state index contributed by atoms with van der Waals surface area (Å²) in [5.41, 5.74) is 5.31. The number of anilines is 2. The number of nitrogens with zero attached hydrogens (tertiary/aromatic N) is 6. The molecule has 4 amide bonds. The van der Waals surface area contributed by atoms with Crippen molar-refractivity contribution in [1.82, 2.24) is 40.4 Å². The van der Waals surface area contributed by atoms with Gasteiger partial charge in [-0.25, -0.2) is 28.3 Å². The van der Waals surface area contributed by atoms with Gasteiger partial charge in [0.2, 0.25) is 11.8 Å². The fourth-order valence-electron chi connectivity index (χ4n) is 11.8. The minimum Gasteiger partial charge on any atom is -0.453 e. The second kappa shape index (κ2) is 20.3. The number of H-pyrrole nitrogens is 2. The Kier molecular flexibility index (Phi) is 14.2. The van der Waals surface area contributed by atoms with Gasteiger partial charge in [-0.05, 0) is 131 Å². The van der Waals surface area contributed by atoms with E-state index in [2.05, 4.69) is 25.5 Å². The monoisotopic (exact) mass is 979 g/mol. The highest BCUT2D eigenvalue weighted by Crippen LogP contribution is 2.49. The number of alkyl carbamates (subject to hydrolysis) is 2. The van der Waals surface area contributed by atoms with Crippen LogP contribution in [0.25, 0.3) is 22.1 Å². The molecular formula is C53H68F2N10O6. The molecule has 0 radical (unpaired) electrons. The van der Waals surface area contributed by atoms with Crippen LogP contribution < -0.4 is 20.4 Å². The number of benzene rings is 3. The molecule has 0 saturated carbocycles. The van der Waals surface area contributed by atoms with Crippen LogP contribution in [-0.2, 0) is 19.1 Å². The number of aromatic nitrogens is 4. The van der Waals surface area contributed by atoms with E-state index in [4.69, 9.17) is 19.4 Å². The van der Waals surface area contributed by atoms with Crippen LogP contribution in [0.3, 0.4) is 0 Å². The second-order valence-corrected chi connectivity index (χ2v) is 20.7. The number of hydrogen-bond donors (Lipinski definition) is 4. The van der Waals surface area contributed by atoms with Crippen LogP contribution in [0.5, 0.6) is 0 Å². The molecule has 0 spiro atoms. The molecule has 4 aliphatic rings. The zero-order valence-electron chi connectivity index (χ0n) is 42.1. The van der Waals surface area contributed by atoms with Gasteiger partial charge in [0.25, 0.3) is 0 Å². The van der Waals surface area contributed by atoms with Gasteiger partial charge in [-0.15, -0.1) is 0 Å². The lowest BCUT2D eigenvalue weighted by Crippen LogP contribution is -2.51. The lowest BCUT2D eigenvalue weighted by atomic mass is 9.96. The molecule has 0 aliphatic carbocycles. The molecule has 2 aromatic heterocycles. The Bertz CT molecular complexity index is 2620. The average molecular weight is 979 g/mol. The van der Waals surface area contributed by atoms with Crippen molar-refractivity contribution in [1.29, 1.82) is 0 Å². The predicted octanol–water partition coefficient (Wildman–Crippen LogP) is 9.66. The van der Waals surface area contributed by atoms with E-state index in [1.54, 1.807) is 9.80 Å². The predicted molar refractivity (Wildman–Crippen MR) is 267 cm³/mol. The maximum atomic E-state index is 16.8. The molecule has 4 aliphatic heterocycles. The van der Waals surface area contributed by atoms with Crippen LogP contribution in [0.15, 0.2) is 48.5 Å². The van der Waals surface area contributed by atoms with E-state index in [0.29, 0.717) is 67.1 Å². The van der Waals surface area contributed by atoms with Crippen molar-refractivity contribution < 1.29 is 37.4 Å². The first kappa shape index (κ1) is 49.5. The van der Waals surface area contributed by atoms with Gasteiger partial charge in [-0.2, -0.15) is 0 Å². The number of rotatable bonds is 12. The minimum atomic E-state index is -0.763. The van der Waals surface area contributed by atoms with Crippen molar-refractivity contribution in [3.63, 3.8) is 0 Å². The third-order valence-corrected chi connectivity index (χ3v) is 15.4. The summed E-state index contributed by atoms with van der Waals surface area (Å²) in [6.07, 6.45) is 5.71. The molecule has 18 heteroatoms. The van der Waals surface area contributed by atoms with E-state index < -0.39 is 35.9 Å². The largest absolute Gasteiger partial charge is 0.453 e. The SMILES string of the molecule is COC(=O)NC(C(=O)N1CCC[C@H]1c1nc2cc([C@H]3CC[C@H](c4ccc5[nH]c([C@@H]6CCCN6C(=O)[C@@H](NC(=O)OC)C(C)C)nc5c4)N3c3cc(F)c(N4[C@H](C)CCC[C@@H]4C)c(F)c3)ccc2[nH]1)C(C)C. The van der Waals surface area contributed by atoms with Gasteiger partial charge < -0.3 is 49.7 Å². The summed E-state index contributed by atoms with van der Waals surface area (Å²) < 4.78 is 43.2. The summed E-state index contributed by atoms with van der Waals surface area (Å²) in [6, 6.07) is 12.3. The highest BCUT2D eigenvalue weighted by atomic mass is 19.1. The fraction of sp³-hybridized carbons (Fsp3) is 0.547. The van der Waals surface area contributed by atoms with Gasteiger partial charge in [0.1, 0.15) is 29.4 Å². The highest BCUT2D eigenvalue weighted by Gasteiger charge is 2.41. The van der Waals surface area contributed by atoms with Gasteiger partial charge in [0, 0.05) is 30.9 Å². The summed E-state index contributed by atoms with van der Waals surface area (Å²) in [4.78, 5) is 77.0. The molecule has 380 valence electrons. The molecule has 1 unspecified atom stereocenters. The van der Waals surface area contributed by atoms with Gasteiger partial charge in [-0.3, -0.25) is 9.59 Å². The second-order valence-electron chi connectivity index (χ2n) is 20.7. The van der Waals surface area contributed by atoms with Crippen molar-refractivity contribution >= 4 is 57.4 Å². The summed E-state index contributed by atoms with van der Waals surface area (Å²) in [7, 11) is 2.55. The molecule has 0 bridgehead atoms. The highest BCUT2D eigenvalue weighted by molar-refractivity contribution is 5.88. The van der Waals surface area contributed by atoms with Crippen LogP contribution in [-0.4, -0.2) is 105 Å². The fourth-order valence-corrected chi connectivity index (χ4v) is 11.8. The summed E-state index contributed by atoms with van der Waals surface area (Å²) in [5, 5.41) is 5.43. The molecule has 6 heterocycles. The van der Waals surface area contributed by atoms with Crippen LogP contribution in [0.2, 0.25) is 0 Å². The smallest absolute Gasteiger partial charge is 0.407 e. The van der Waals surface area contributed by atoms with Gasteiger partial charge in [0.15, 0.2) is 11.6 Å². The zero-order chi connectivity index (χ0) is 50.4. The number of hydrogen-bond acceptors (Lipinski definition) is 10. The maximum Gasteiger partial charge on any atom is 0.407 e. The molecule has 4 saturated heterocycles. The molecule has 8 atom stereocenters. The Morgan fingerprint density at radius 1 is 0.606 bits per heavy atom. The number of methoxy groups -OCH3 is 2. The first-order valence-electron chi connectivity index (χ1n) is 25.4. The Labute approximate surface area is 413 Å². The van der Waals surface area contributed by atoms with E-state index in [0.717, 1.165) is 54.3 Å². The number of piperidine rings is 1. The Morgan fingerprint density at radius 3 is 1.45 bits per heavy atom. The number of nitrogens with one attached hydrogen (secondary N) is 4. The van der Waals surface area contributed by atoms with Crippen molar-refractivity contribution in [2.75, 3.05) is 37.1 Å². The van der Waals surface area contributed by atoms with Crippen molar-refractivity contribution in [3.8, 4) is 0 Å². The molecular weight excluding hydrogens is 911 g/mol. The van der Waals surface area contributed by atoms with Crippen molar-refractivity contribution in [3.05, 3.63) is 82.9 Å². The number of likely N-dealkylation sites (tertiary alicyclic amines) is 2. The molecule has 4 fully saturated rings. The van der Waals surface area contributed by atoms with Gasteiger partial charge in [-0.1, -0.05) is 39.8 Å². The summed E-state index contributed by atoms with van der Waals surface area (Å²) in [5.74, 6) is -0.620. The van der Waals surface area contributed by atoms with E-state index in [1.165, 1.54) is 26.4 Å². The zero-order valence-corrected chi connectivity index (χ0v) is 42.1. The number of imidazole rings is 2. The lowest BCUT2D eigenvalue weighted by molar-refractivity contribution is -0.136. The number of halogens is 2. The Balaban J connectivity index is 1.05. The third-order valence-electron chi connectivity index (χ3n) is 15.4. The van der Waals surface area contributed by atoms with Crippen LogP contribution in [0.4, 0.5) is 29.7 Å². The third kappa shape index (κ3) is 9.57. The van der Waals surface area contributed by atoms with Gasteiger partial charge >= 0.3 is 12.2 Å². The number of ether oxygens (including phenoxy) is 2. The molecule has 3 aromatic carbocycles. The number of carbonyl (C=O) groups excluding carboxylic acids is 4. The number of fused-ring (bicyclic) bond motifs is 2. The van der Waals surface area contributed by atoms with Crippen molar-refractivity contribution in [2.24, 2.45) is 11.8 Å². The first-order valence-corrected chi connectivity index (χ1v) is 25.4. The number of carbonyl (C=O) groups is 4. The normalized spacial score (nSPS) is 23.5. The summed E-state index contributed by atoms with van der Waals surface area (Å²) >= 11 is 0. The maximum absolute atomic E-state index is 16.8. The Morgan fingerprint density at radius 2 is 1.04 bits per heavy atom. The van der Waals surface area contributed by atoms with E-state index in [1.807, 2.05) is 82.8 Å². The number of amides is 4.